The minimum atomic E-state index is -0.844. The number of hydrogen-bond acceptors (Lipinski definition) is 3. The number of hydrogen-bond donors (Lipinski definition) is 0. The first-order chi connectivity index (χ1) is 16.9. The van der Waals surface area contributed by atoms with Crippen LogP contribution in [0.1, 0.15) is 48.6 Å². The Kier molecular flexibility index (Phi) is 8.22. The molecule has 0 spiro atoms. The maximum absolute atomic E-state index is 13.9. The quantitative estimate of drug-likeness (QED) is 0.313. The summed E-state index contributed by atoms with van der Waals surface area (Å²) in [5.74, 6) is -0.623. The second-order valence-electron chi connectivity index (χ2n) is 8.66. The third-order valence-corrected chi connectivity index (χ3v) is 6.77. The monoisotopic (exact) mass is 513 g/mol. The Balaban J connectivity index is 1.82. The first kappa shape index (κ1) is 25.4. The van der Waals surface area contributed by atoms with Crippen molar-refractivity contribution in [2.45, 2.75) is 50.5 Å². The minimum Gasteiger partial charge on any atom is -0.358 e. The molecule has 0 N–H and O–H groups in total. The fourth-order valence-corrected chi connectivity index (χ4v) is 4.83. The summed E-state index contributed by atoms with van der Waals surface area (Å²) in [5, 5.41) is 1.15. The van der Waals surface area contributed by atoms with Gasteiger partial charge in [-0.3, -0.25) is 4.79 Å². The third-order valence-electron chi connectivity index (χ3n) is 6.27. The lowest BCUT2D eigenvalue weighted by molar-refractivity contribution is -0.179. The SMILES string of the molecule is CCC[C@@H](C=O)N1C(=O)[C@@H](Cc2ccc(F)cc2)O[C@H](c2ccc(Cl)cc2)[C@@H]1c1ccc(Cl)cc1. The van der Waals surface area contributed by atoms with Crippen molar-refractivity contribution in [2.75, 3.05) is 0 Å². The van der Waals surface area contributed by atoms with E-state index in [1.807, 2.05) is 31.2 Å². The number of aldehydes is 1. The minimum absolute atomic E-state index is 0.255. The summed E-state index contributed by atoms with van der Waals surface area (Å²) < 4.78 is 19.9. The molecule has 1 amide bonds. The van der Waals surface area contributed by atoms with E-state index in [0.29, 0.717) is 16.5 Å². The molecule has 0 bridgehead atoms. The molecule has 1 aliphatic heterocycles. The number of rotatable bonds is 8. The van der Waals surface area contributed by atoms with E-state index in [2.05, 4.69) is 0 Å². The van der Waals surface area contributed by atoms with Crippen molar-refractivity contribution in [1.29, 1.82) is 0 Å². The average Bonchev–Trinajstić information content (AvgIpc) is 2.86. The van der Waals surface area contributed by atoms with E-state index >= 15 is 0 Å². The molecule has 1 fully saturated rings. The molecular weight excluding hydrogens is 488 g/mol. The lowest BCUT2D eigenvalue weighted by Crippen LogP contribution is -2.55. The number of carbonyl (C=O) groups excluding carboxylic acids is 2. The zero-order chi connectivity index (χ0) is 24.9. The number of carbonyl (C=O) groups is 2. The van der Waals surface area contributed by atoms with Crippen LogP contribution in [0.25, 0.3) is 0 Å². The molecule has 1 heterocycles. The average molecular weight is 514 g/mol. The van der Waals surface area contributed by atoms with Crippen LogP contribution in [0.15, 0.2) is 72.8 Å². The molecule has 0 saturated carbocycles. The highest BCUT2D eigenvalue weighted by atomic mass is 35.5. The summed E-state index contributed by atoms with van der Waals surface area (Å²) in [7, 11) is 0. The molecule has 0 aliphatic carbocycles. The summed E-state index contributed by atoms with van der Waals surface area (Å²) in [5.41, 5.74) is 2.41. The largest absolute Gasteiger partial charge is 0.358 e. The number of morpholine rings is 1. The van der Waals surface area contributed by atoms with Gasteiger partial charge >= 0.3 is 0 Å². The maximum atomic E-state index is 13.9. The Morgan fingerprint density at radius 2 is 1.51 bits per heavy atom. The molecule has 4 atom stereocenters. The predicted molar refractivity (Wildman–Crippen MR) is 135 cm³/mol. The van der Waals surface area contributed by atoms with Crippen LogP contribution in [0.2, 0.25) is 10.0 Å². The van der Waals surface area contributed by atoms with E-state index < -0.39 is 24.3 Å². The van der Waals surface area contributed by atoms with Gasteiger partial charge in [-0.2, -0.15) is 0 Å². The number of benzene rings is 3. The van der Waals surface area contributed by atoms with E-state index in [1.54, 1.807) is 41.3 Å². The molecular formula is C28H26Cl2FNO3. The second kappa shape index (κ2) is 11.3. The molecule has 1 saturated heterocycles. The molecule has 182 valence electrons. The van der Waals surface area contributed by atoms with E-state index in [9.17, 15) is 14.0 Å². The Bertz CT molecular complexity index is 1150. The van der Waals surface area contributed by atoms with Gasteiger partial charge in [0, 0.05) is 16.5 Å². The zero-order valence-corrected chi connectivity index (χ0v) is 20.8. The van der Waals surface area contributed by atoms with Gasteiger partial charge in [0.15, 0.2) is 0 Å². The molecule has 4 nitrogen and oxygen atoms in total. The van der Waals surface area contributed by atoms with Crippen LogP contribution in [-0.4, -0.2) is 29.2 Å². The highest BCUT2D eigenvalue weighted by molar-refractivity contribution is 6.30. The lowest BCUT2D eigenvalue weighted by Gasteiger charge is -2.47. The van der Waals surface area contributed by atoms with Crippen LogP contribution >= 0.6 is 23.2 Å². The van der Waals surface area contributed by atoms with Crippen LogP contribution in [0.4, 0.5) is 4.39 Å². The fourth-order valence-electron chi connectivity index (χ4n) is 4.58. The van der Waals surface area contributed by atoms with Crippen molar-refractivity contribution in [3.63, 3.8) is 0 Å². The first-order valence-corrected chi connectivity index (χ1v) is 12.3. The maximum Gasteiger partial charge on any atom is 0.253 e. The van der Waals surface area contributed by atoms with E-state index in [1.165, 1.54) is 12.1 Å². The summed E-state index contributed by atoms with van der Waals surface area (Å²) in [6.07, 6.45) is 0.944. The van der Waals surface area contributed by atoms with Crippen molar-refractivity contribution in [3.8, 4) is 0 Å². The molecule has 0 aromatic heterocycles. The Hall–Kier alpha value is -2.73. The summed E-state index contributed by atoms with van der Waals surface area (Å²) in [6, 6.07) is 19.4. The van der Waals surface area contributed by atoms with Crippen molar-refractivity contribution in [3.05, 3.63) is 105 Å². The topological polar surface area (TPSA) is 46.6 Å². The Morgan fingerprint density at radius 3 is 2.06 bits per heavy atom. The standard InChI is InChI=1S/C28H26Cl2FNO3/c1-2-3-24(17-33)32-26(19-6-10-21(29)11-7-19)27(20-8-12-22(30)13-9-20)35-25(28(32)34)16-18-4-14-23(31)15-5-18/h4-15,17,24-27H,2-3,16H2,1H3/t24-,25+,26-,27+/m0/s1. The van der Waals surface area contributed by atoms with Gasteiger partial charge in [0.05, 0.1) is 12.1 Å². The smallest absolute Gasteiger partial charge is 0.253 e. The molecule has 3 aromatic rings. The van der Waals surface area contributed by atoms with Crippen molar-refractivity contribution in [1.82, 2.24) is 4.90 Å². The van der Waals surface area contributed by atoms with Crippen molar-refractivity contribution >= 4 is 35.4 Å². The van der Waals surface area contributed by atoms with Gasteiger partial charge in [-0.25, -0.2) is 4.39 Å². The highest BCUT2D eigenvalue weighted by Crippen LogP contribution is 2.44. The third kappa shape index (κ3) is 5.75. The molecule has 3 aromatic carbocycles. The summed E-state index contributed by atoms with van der Waals surface area (Å²) in [6.45, 7) is 1.98. The van der Waals surface area contributed by atoms with Crippen molar-refractivity contribution in [2.24, 2.45) is 0 Å². The van der Waals surface area contributed by atoms with Gasteiger partial charge in [0.25, 0.3) is 5.91 Å². The fraction of sp³-hybridized carbons (Fsp3) is 0.286. The van der Waals surface area contributed by atoms with Gasteiger partial charge in [-0.05, 0) is 59.5 Å². The van der Waals surface area contributed by atoms with E-state index in [4.69, 9.17) is 27.9 Å². The van der Waals surface area contributed by atoms with Crippen LogP contribution in [0, 0.1) is 5.82 Å². The predicted octanol–water partition coefficient (Wildman–Crippen LogP) is 6.75. The van der Waals surface area contributed by atoms with Crippen molar-refractivity contribution < 1.29 is 18.7 Å². The van der Waals surface area contributed by atoms with Gasteiger partial charge in [0.2, 0.25) is 0 Å². The first-order valence-electron chi connectivity index (χ1n) is 11.6. The molecule has 35 heavy (non-hydrogen) atoms. The van der Waals surface area contributed by atoms with Gasteiger partial charge in [0.1, 0.15) is 24.3 Å². The highest BCUT2D eigenvalue weighted by Gasteiger charge is 2.46. The molecule has 4 rings (SSSR count). The second-order valence-corrected chi connectivity index (χ2v) is 9.53. The lowest BCUT2D eigenvalue weighted by atomic mass is 9.89. The number of ether oxygens (including phenoxy) is 1. The molecule has 1 aliphatic rings. The Morgan fingerprint density at radius 1 is 0.943 bits per heavy atom. The number of halogens is 3. The number of nitrogens with zero attached hydrogens (tertiary/aromatic N) is 1. The Labute approximate surface area is 214 Å². The van der Waals surface area contributed by atoms with Crippen LogP contribution in [0.3, 0.4) is 0 Å². The normalized spacial score (nSPS) is 21.1. The van der Waals surface area contributed by atoms with E-state index in [-0.39, 0.29) is 18.1 Å². The van der Waals surface area contributed by atoms with E-state index in [0.717, 1.165) is 29.4 Å². The van der Waals surface area contributed by atoms with Gasteiger partial charge < -0.3 is 14.4 Å². The van der Waals surface area contributed by atoms with Crippen LogP contribution in [-0.2, 0) is 20.7 Å². The van der Waals surface area contributed by atoms with Crippen LogP contribution in [0.5, 0.6) is 0 Å². The molecule has 0 radical (unpaired) electrons. The van der Waals surface area contributed by atoms with Gasteiger partial charge in [-0.15, -0.1) is 0 Å². The number of amides is 1. The molecule has 0 unspecified atom stereocenters. The summed E-state index contributed by atoms with van der Waals surface area (Å²) >= 11 is 12.3. The van der Waals surface area contributed by atoms with Gasteiger partial charge in [-0.1, -0.05) is 72.9 Å². The zero-order valence-electron chi connectivity index (χ0n) is 19.2. The molecule has 7 heteroatoms. The summed E-state index contributed by atoms with van der Waals surface area (Å²) in [4.78, 5) is 27.8. The van der Waals surface area contributed by atoms with Crippen LogP contribution < -0.4 is 0 Å².